The predicted octanol–water partition coefficient (Wildman–Crippen LogP) is 2.54. The molecule has 0 saturated heterocycles. The number of amides is 1. The molecule has 4 aromatic rings. The Bertz CT molecular complexity index is 1290. The van der Waals surface area contributed by atoms with Crippen molar-refractivity contribution in [2.24, 2.45) is 0 Å². The number of carbonyl (C=O) groups is 1. The van der Waals surface area contributed by atoms with E-state index in [1.807, 2.05) is 48.5 Å². The maximum absolute atomic E-state index is 12.9. The SMILES string of the molecule is COc1ccc(-c2cc3c(=O)n(CCNC(=O)Cc4ccccc4OC)ccn3n2)cc1. The summed E-state index contributed by atoms with van der Waals surface area (Å²) < 4.78 is 13.6. The van der Waals surface area contributed by atoms with Gasteiger partial charge in [0.15, 0.2) is 0 Å². The Morgan fingerprint density at radius 2 is 1.81 bits per heavy atom. The minimum atomic E-state index is -0.168. The molecule has 0 atom stereocenters. The van der Waals surface area contributed by atoms with E-state index in [1.54, 1.807) is 41.8 Å². The quantitative estimate of drug-likeness (QED) is 0.462. The summed E-state index contributed by atoms with van der Waals surface area (Å²) >= 11 is 0. The van der Waals surface area contributed by atoms with Gasteiger partial charge in [0.25, 0.3) is 5.56 Å². The van der Waals surface area contributed by atoms with Gasteiger partial charge in [-0.05, 0) is 36.4 Å². The molecule has 2 aromatic heterocycles. The van der Waals surface area contributed by atoms with Gasteiger partial charge in [0.1, 0.15) is 17.0 Å². The van der Waals surface area contributed by atoms with E-state index in [0.29, 0.717) is 30.0 Å². The Morgan fingerprint density at radius 3 is 2.56 bits per heavy atom. The standard InChI is InChI=1S/C24H24N4O4/c1-31-19-9-7-17(8-10-19)20-16-21-24(30)27(13-14-28(21)26-20)12-11-25-23(29)15-18-5-3-4-6-22(18)32-2/h3-10,13-14,16H,11-12,15H2,1-2H3,(H,25,29). The monoisotopic (exact) mass is 432 g/mol. The number of hydrogen-bond donors (Lipinski definition) is 1. The number of carbonyl (C=O) groups excluding carboxylic acids is 1. The second kappa shape index (κ2) is 9.38. The second-order valence-electron chi connectivity index (χ2n) is 7.22. The minimum absolute atomic E-state index is 0.130. The lowest BCUT2D eigenvalue weighted by Crippen LogP contribution is -2.32. The van der Waals surface area contributed by atoms with Gasteiger partial charge in [0.2, 0.25) is 5.91 Å². The van der Waals surface area contributed by atoms with E-state index >= 15 is 0 Å². The number of fused-ring (bicyclic) bond motifs is 1. The van der Waals surface area contributed by atoms with Crippen molar-refractivity contribution in [1.29, 1.82) is 0 Å². The first-order valence-electron chi connectivity index (χ1n) is 10.2. The fourth-order valence-corrected chi connectivity index (χ4v) is 3.51. The summed E-state index contributed by atoms with van der Waals surface area (Å²) in [5.74, 6) is 1.31. The van der Waals surface area contributed by atoms with Crippen LogP contribution in [0.1, 0.15) is 5.56 Å². The molecule has 0 fully saturated rings. The smallest absolute Gasteiger partial charge is 0.276 e. The van der Waals surface area contributed by atoms with Crippen molar-refractivity contribution >= 4 is 11.4 Å². The van der Waals surface area contributed by atoms with E-state index in [1.165, 1.54) is 0 Å². The predicted molar refractivity (Wildman–Crippen MR) is 121 cm³/mol. The van der Waals surface area contributed by atoms with Crippen LogP contribution in [0.4, 0.5) is 0 Å². The summed E-state index contributed by atoms with van der Waals surface area (Å²) in [5, 5.41) is 7.35. The lowest BCUT2D eigenvalue weighted by molar-refractivity contribution is -0.120. The number of para-hydroxylation sites is 1. The number of methoxy groups -OCH3 is 2. The Kier molecular flexibility index (Phi) is 6.21. The molecule has 1 amide bonds. The summed E-state index contributed by atoms with van der Waals surface area (Å²) in [6.45, 7) is 0.694. The summed E-state index contributed by atoms with van der Waals surface area (Å²) in [7, 11) is 3.19. The minimum Gasteiger partial charge on any atom is -0.497 e. The van der Waals surface area contributed by atoms with Crippen LogP contribution in [0.5, 0.6) is 11.5 Å². The number of hydrogen-bond acceptors (Lipinski definition) is 5. The molecule has 2 aromatic carbocycles. The van der Waals surface area contributed by atoms with Crippen molar-refractivity contribution in [3.8, 4) is 22.8 Å². The molecule has 8 heteroatoms. The molecule has 8 nitrogen and oxygen atoms in total. The maximum Gasteiger partial charge on any atom is 0.276 e. The largest absolute Gasteiger partial charge is 0.497 e. The van der Waals surface area contributed by atoms with Gasteiger partial charge >= 0.3 is 0 Å². The molecule has 0 spiro atoms. The molecule has 32 heavy (non-hydrogen) atoms. The molecule has 0 aliphatic carbocycles. The summed E-state index contributed by atoms with van der Waals surface area (Å²) in [6.07, 6.45) is 3.62. The first-order valence-corrected chi connectivity index (χ1v) is 10.2. The number of rotatable bonds is 8. The lowest BCUT2D eigenvalue weighted by atomic mass is 10.1. The normalized spacial score (nSPS) is 10.8. The molecule has 0 bridgehead atoms. The van der Waals surface area contributed by atoms with E-state index in [9.17, 15) is 9.59 Å². The average molecular weight is 432 g/mol. The van der Waals surface area contributed by atoms with Crippen molar-refractivity contribution in [1.82, 2.24) is 19.5 Å². The van der Waals surface area contributed by atoms with Crippen LogP contribution in [-0.2, 0) is 17.8 Å². The van der Waals surface area contributed by atoms with Crippen LogP contribution in [0.3, 0.4) is 0 Å². The van der Waals surface area contributed by atoms with Crippen molar-refractivity contribution < 1.29 is 14.3 Å². The zero-order valence-corrected chi connectivity index (χ0v) is 17.9. The van der Waals surface area contributed by atoms with Crippen LogP contribution in [0.25, 0.3) is 16.8 Å². The Hall–Kier alpha value is -4.07. The molecular weight excluding hydrogens is 408 g/mol. The third-order valence-electron chi connectivity index (χ3n) is 5.21. The number of benzene rings is 2. The van der Waals surface area contributed by atoms with Gasteiger partial charge < -0.3 is 19.4 Å². The highest BCUT2D eigenvalue weighted by Crippen LogP contribution is 2.21. The number of nitrogens with one attached hydrogen (secondary N) is 1. The van der Waals surface area contributed by atoms with Crippen LogP contribution in [0.2, 0.25) is 0 Å². The van der Waals surface area contributed by atoms with E-state index in [-0.39, 0.29) is 17.9 Å². The van der Waals surface area contributed by atoms with E-state index in [4.69, 9.17) is 9.47 Å². The van der Waals surface area contributed by atoms with Crippen molar-refractivity contribution in [3.05, 3.63) is 82.9 Å². The zero-order chi connectivity index (χ0) is 22.5. The fraction of sp³-hybridized carbons (Fsp3) is 0.208. The van der Waals surface area contributed by atoms with Crippen LogP contribution >= 0.6 is 0 Å². The lowest BCUT2D eigenvalue weighted by Gasteiger charge is -2.10. The Balaban J connectivity index is 1.42. The average Bonchev–Trinajstić information content (AvgIpc) is 3.26. The van der Waals surface area contributed by atoms with Gasteiger partial charge in [0, 0.05) is 36.6 Å². The summed E-state index contributed by atoms with van der Waals surface area (Å²) in [6, 6.07) is 16.7. The van der Waals surface area contributed by atoms with Gasteiger partial charge in [-0.15, -0.1) is 0 Å². The van der Waals surface area contributed by atoms with Gasteiger partial charge in [0.05, 0.1) is 26.3 Å². The molecule has 0 unspecified atom stereocenters. The first kappa shape index (κ1) is 21.2. The Morgan fingerprint density at radius 1 is 1.03 bits per heavy atom. The van der Waals surface area contributed by atoms with Crippen molar-refractivity contribution in [2.75, 3.05) is 20.8 Å². The molecule has 164 valence electrons. The van der Waals surface area contributed by atoms with Crippen LogP contribution in [-0.4, -0.2) is 40.9 Å². The molecule has 1 N–H and O–H groups in total. The zero-order valence-electron chi connectivity index (χ0n) is 17.9. The third kappa shape index (κ3) is 4.49. The van der Waals surface area contributed by atoms with Crippen molar-refractivity contribution in [3.63, 3.8) is 0 Å². The molecule has 2 heterocycles. The summed E-state index contributed by atoms with van der Waals surface area (Å²) in [5.41, 5.74) is 2.71. The highest BCUT2D eigenvalue weighted by molar-refractivity contribution is 5.79. The van der Waals surface area contributed by atoms with Gasteiger partial charge in [-0.2, -0.15) is 5.10 Å². The van der Waals surface area contributed by atoms with Crippen molar-refractivity contribution in [2.45, 2.75) is 13.0 Å². The van der Waals surface area contributed by atoms with Gasteiger partial charge in [-0.3, -0.25) is 9.59 Å². The fourth-order valence-electron chi connectivity index (χ4n) is 3.51. The van der Waals surface area contributed by atoms with Crippen LogP contribution < -0.4 is 20.3 Å². The molecule has 0 aliphatic rings. The molecule has 0 aliphatic heterocycles. The van der Waals surface area contributed by atoms with E-state index in [2.05, 4.69) is 10.4 Å². The van der Waals surface area contributed by atoms with Crippen LogP contribution in [0.15, 0.2) is 71.8 Å². The third-order valence-corrected chi connectivity index (χ3v) is 5.21. The molecular formula is C24H24N4O4. The molecule has 0 saturated carbocycles. The first-order chi connectivity index (χ1) is 15.6. The number of ether oxygens (including phenoxy) is 2. The van der Waals surface area contributed by atoms with E-state index in [0.717, 1.165) is 16.9 Å². The van der Waals surface area contributed by atoms with Gasteiger partial charge in [-0.25, -0.2) is 4.52 Å². The highest BCUT2D eigenvalue weighted by atomic mass is 16.5. The Labute approximate surface area is 185 Å². The number of aromatic nitrogens is 3. The van der Waals surface area contributed by atoms with Crippen LogP contribution in [0, 0.1) is 0 Å². The number of nitrogens with zero attached hydrogens (tertiary/aromatic N) is 3. The summed E-state index contributed by atoms with van der Waals surface area (Å²) in [4.78, 5) is 25.2. The van der Waals surface area contributed by atoms with E-state index < -0.39 is 0 Å². The molecule has 4 rings (SSSR count). The molecule has 0 radical (unpaired) electrons. The maximum atomic E-state index is 12.9. The highest BCUT2D eigenvalue weighted by Gasteiger charge is 2.11. The topological polar surface area (TPSA) is 86.9 Å². The second-order valence-corrected chi connectivity index (χ2v) is 7.22. The van der Waals surface area contributed by atoms with Gasteiger partial charge in [-0.1, -0.05) is 18.2 Å².